The number of hydrogen-bond acceptors (Lipinski definition) is 4. The van der Waals surface area contributed by atoms with E-state index in [1.54, 1.807) is 6.92 Å². The maximum Gasteiger partial charge on any atom is 0.0849 e. The van der Waals surface area contributed by atoms with Crippen molar-refractivity contribution in [3.05, 3.63) is 35.5 Å². The third kappa shape index (κ3) is 5.52. The number of hydrogen-bond donors (Lipinski definition) is 4. The van der Waals surface area contributed by atoms with Crippen LogP contribution in [0.25, 0.3) is 0 Å². The predicted molar refractivity (Wildman–Crippen MR) is 125 cm³/mol. The van der Waals surface area contributed by atoms with Crippen molar-refractivity contribution in [2.75, 3.05) is 6.61 Å². The second-order valence-corrected chi connectivity index (χ2v) is 11.2. The lowest BCUT2D eigenvalue weighted by Crippen LogP contribution is -2.36. The Balaban J connectivity index is 1.68. The van der Waals surface area contributed by atoms with Crippen molar-refractivity contribution in [3.8, 4) is 0 Å². The van der Waals surface area contributed by atoms with E-state index >= 15 is 0 Å². The van der Waals surface area contributed by atoms with Gasteiger partial charge in [0.25, 0.3) is 0 Å². The van der Waals surface area contributed by atoms with Crippen LogP contribution in [0.3, 0.4) is 0 Å². The summed E-state index contributed by atoms with van der Waals surface area (Å²) in [6.45, 7) is 10.5. The number of aliphatic hydroxyl groups is 4. The lowest BCUT2D eigenvalue weighted by Gasteiger charge is -2.44. The second-order valence-electron chi connectivity index (χ2n) is 11.2. The molecule has 3 rings (SSSR count). The quantitative estimate of drug-likeness (QED) is 0.471. The highest BCUT2D eigenvalue weighted by Crippen LogP contribution is 2.60. The van der Waals surface area contributed by atoms with Crippen molar-refractivity contribution >= 4 is 0 Å². The molecule has 3 saturated carbocycles. The highest BCUT2D eigenvalue weighted by molar-refractivity contribution is 5.38. The van der Waals surface area contributed by atoms with E-state index in [0.717, 1.165) is 30.4 Å². The Labute approximate surface area is 188 Å². The van der Waals surface area contributed by atoms with Gasteiger partial charge in [-0.25, -0.2) is 0 Å². The molecule has 3 fully saturated rings. The van der Waals surface area contributed by atoms with Crippen LogP contribution in [0.1, 0.15) is 85.0 Å². The van der Waals surface area contributed by atoms with E-state index in [2.05, 4.69) is 32.6 Å². The summed E-state index contributed by atoms with van der Waals surface area (Å²) in [5, 5.41) is 39.5. The van der Waals surface area contributed by atoms with Gasteiger partial charge in [-0.2, -0.15) is 0 Å². The van der Waals surface area contributed by atoms with Gasteiger partial charge < -0.3 is 20.4 Å². The fraction of sp³-hybridized carbons (Fsp3) is 0.778. The van der Waals surface area contributed by atoms with Gasteiger partial charge >= 0.3 is 0 Å². The van der Waals surface area contributed by atoms with Gasteiger partial charge in [-0.3, -0.25) is 0 Å². The minimum atomic E-state index is -0.958. The highest BCUT2D eigenvalue weighted by Gasteiger charge is 2.50. The van der Waals surface area contributed by atoms with E-state index in [0.29, 0.717) is 42.4 Å². The average Bonchev–Trinajstić information content (AvgIpc) is 3.07. The third-order valence-corrected chi connectivity index (χ3v) is 8.70. The molecule has 0 radical (unpaired) electrons. The molecule has 0 bridgehead atoms. The topological polar surface area (TPSA) is 80.9 Å². The van der Waals surface area contributed by atoms with Crippen molar-refractivity contribution in [1.82, 2.24) is 0 Å². The van der Waals surface area contributed by atoms with E-state index in [4.69, 9.17) is 0 Å². The Morgan fingerprint density at radius 3 is 2.71 bits per heavy atom. The Morgan fingerprint density at radius 1 is 1.26 bits per heavy atom. The molecule has 0 aromatic rings. The normalized spacial score (nSPS) is 39.5. The maximum atomic E-state index is 10.1. The Hall–Kier alpha value is -0.940. The number of aliphatic hydroxyl groups excluding tert-OH is 3. The van der Waals surface area contributed by atoms with E-state index in [1.807, 2.05) is 0 Å². The van der Waals surface area contributed by atoms with Gasteiger partial charge in [0.15, 0.2) is 0 Å². The lowest BCUT2D eigenvalue weighted by molar-refractivity contribution is -0.00891. The SMILES string of the molecule is C=C1C(=CC=C2CCC[C@]3(C)[C@@H]([C@H](C)CCC[C@@](C)(O)CO)CC[C@@H]23)C[C@@H](O)C[C@@H]1O. The third-order valence-electron chi connectivity index (χ3n) is 8.70. The van der Waals surface area contributed by atoms with Crippen LogP contribution in [-0.2, 0) is 0 Å². The number of rotatable bonds is 7. The van der Waals surface area contributed by atoms with Gasteiger partial charge in [0.1, 0.15) is 0 Å². The maximum absolute atomic E-state index is 10.1. The van der Waals surface area contributed by atoms with E-state index in [1.165, 1.54) is 31.3 Å². The van der Waals surface area contributed by atoms with Crippen LogP contribution in [0.15, 0.2) is 35.5 Å². The zero-order valence-corrected chi connectivity index (χ0v) is 19.8. The summed E-state index contributed by atoms with van der Waals surface area (Å²) in [6.07, 6.45) is 13.1. The van der Waals surface area contributed by atoms with Crippen molar-refractivity contribution in [2.24, 2.45) is 23.2 Å². The molecule has 4 heteroatoms. The first-order chi connectivity index (χ1) is 14.6. The molecule has 176 valence electrons. The number of fused-ring (bicyclic) bond motifs is 1. The zero-order chi connectivity index (χ0) is 22.8. The monoisotopic (exact) mass is 432 g/mol. The molecule has 0 spiro atoms. The predicted octanol–water partition coefficient (Wildman–Crippen LogP) is 4.68. The highest BCUT2D eigenvalue weighted by atomic mass is 16.3. The first-order valence-electron chi connectivity index (χ1n) is 12.4. The molecule has 0 aromatic carbocycles. The molecule has 0 saturated heterocycles. The fourth-order valence-corrected chi connectivity index (χ4v) is 6.76. The Bertz CT molecular complexity index is 706. The molecular formula is C27H44O4. The van der Waals surface area contributed by atoms with E-state index < -0.39 is 17.8 Å². The molecule has 0 amide bonds. The lowest BCUT2D eigenvalue weighted by atomic mass is 9.60. The summed E-state index contributed by atoms with van der Waals surface area (Å²) < 4.78 is 0. The molecule has 3 aliphatic rings. The minimum Gasteiger partial charge on any atom is -0.393 e. The smallest absolute Gasteiger partial charge is 0.0849 e. The molecule has 0 aliphatic heterocycles. The summed E-state index contributed by atoms with van der Waals surface area (Å²) >= 11 is 0. The fourth-order valence-electron chi connectivity index (χ4n) is 6.76. The Kier molecular flexibility index (Phi) is 7.89. The molecule has 4 nitrogen and oxygen atoms in total. The van der Waals surface area contributed by atoms with E-state index in [-0.39, 0.29) is 6.61 Å². The molecule has 4 N–H and O–H groups in total. The van der Waals surface area contributed by atoms with Gasteiger partial charge in [-0.05, 0) is 86.2 Å². The molecule has 7 atom stereocenters. The molecule has 0 heterocycles. The zero-order valence-electron chi connectivity index (χ0n) is 19.8. The van der Waals surface area contributed by atoms with Crippen LogP contribution in [0, 0.1) is 23.2 Å². The van der Waals surface area contributed by atoms with Crippen LogP contribution < -0.4 is 0 Å². The van der Waals surface area contributed by atoms with Crippen LogP contribution in [0.5, 0.6) is 0 Å². The van der Waals surface area contributed by atoms with Crippen molar-refractivity contribution in [1.29, 1.82) is 0 Å². The van der Waals surface area contributed by atoms with Gasteiger partial charge in [-0.1, -0.05) is 51.0 Å². The Morgan fingerprint density at radius 2 is 2.00 bits per heavy atom. The van der Waals surface area contributed by atoms with Crippen LogP contribution in [0.4, 0.5) is 0 Å². The molecular weight excluding hydrogens is 388 g/mol. The van der Waals surface area contributed by atoms with Gasteiger partial charge in [0, 0.05) is 6.42 Å². The van der Waals surface area contributed by atoms with Gasteiger partial charge in [0.05, 0.1) is 24.4 Å². The van der Waals surface area contributed by atoms with Gasteiger partial charge in [0.2, 0.25) is 0 Å². The summed E-state index contributed by atoms with van der Waals surface area (Å²) in [4.78, 5) is 0. The molecule has 0 aromatic heterocycles. The van der Waals surface area contributed by atoms with Crippen LogP contribution in [0.2, 0.25) is 0 Å². The summed E-state index contributed by atoms with van der Waals surface area (Å²) in [5.41, 5.74) is 2.65. The van der Waals surface area contributed by atoms with Crippen LogP contribution >= 0.6 is 0 Å². The standard InChI is InChI=1S/C27H44O4/c1-18(7-5-13-26(3,31)17-28)23-11-12-24-20(8-6-14-27(23,24)4)9-10-21-15-22(29)16-25(30)19(21)2/h9-10,18,22-25,28-31H,2,5-8,11-17H2,1,3-4H3/t18-,22-,23-,24+,25+,26-,27-/m1/s1. The first-order valence-corrected chi connectivity index (χ1v) is 12.4. The van der Waals surface area contributed by atoms with Gasteiger partial charge in [-0.15, -0.1) is 0 Å². The molecule has 3 aliphatic carbocycles. The summed E-state index contributed by atoms with van der Waals surface area (Å²) in [6, 6.07) is 0. The van der Waals surface area contributed by atoms with Crippen molar-refractivity contribution in [2.45, 2.75) is 103 Å². The van der Waals surface area contributed by atoms with E-state index in [9.17, 15) is 20.4 Å². The van der Waals surface area contributed by atoms with Crippen molar-refractivity contribution in [3.63, 3.8) is 0 Å². The number of allylic oxidation sites excluding steroid dienone is 3. The molecule has 31 heavy (non-hydrogen) atoms. The second kappa shape index (κ2) is 9.91. The van der Waals surface area contributed by atoms with Crippen molar-refractivity contribution < 1.29 is 20.4 Å². The average molecular weight is 433 g/mol. The first kappa shape index (κ1) is 24.7. The minimum absolute atomic E-state index is 0.172. The summed E-state index contributed by atoms with van der Waals surface area (Å²) in [5.74, 6) is 1.92. The summed E-state index contributed by atoms with van der Waals surface area (Å²) in [7, 11) is 0. The van der Waals surface area contributed by atoms with Crippen LogP contribution in [-0.4, -0.2) is 44.8 Å². The largest absolute Gasteiger partial charge is 0.393 e. The molecule has 0 unspecified atom stereocenters.